The highest BCUT2D eigenvalue weighted by Gasteiger charge is 2.25. The molecule has 0 fully saturated rings. The van der Waals surface area contributed by atoms with Crippen LogP contribution in [0.25, 0.3) is 10.9 Å². The van der Waals surface area contributed by atoms with E-state index < -0.39 is 24.0 Å². The number of carbonyl (C=O) groups is 3. The lowest BCUT2D eigenvalue weighted by atomic mass is 10.0. The number of aromatic nitrogens is 1. The minimum Gasteiger partial charge on any atom is -0.465 e. The van der Waals surface area contributed by atoms with Crippen molar-refractivity contribution in [3.05, 3.63) is 36.0 Å². The van der Waals surface area contributed by atoms with Gasteiger partial charge >= 0.3 is 11.9 Å². The molecular weight excluding hydrogens is 458 g/mol. The van der Waals surface area contributed by atoms with Gasteiger partial charge in [0.2, 0.25) is 5.91 Å². The number of benzene rings is 1. The van der Waals surface area contributed by atoms with Crippen molar-refractivity contribution in [2.45, 2.75) is 90.6 Å². The predicted octanol–water partition coefficient (Wildman–Crippen LogP) is 4.41. The van der Waals surface area contributed by atoms with Crippen LogP contribution in [0, 0.1) is 5.92 Å². The van der Waals surface area contributed by atoms with Crippen LogP contribution in [0.15, 0.2) is 30.5 Å². The summed E-state index contributed by atoms with van der Waals surface area (Å²) in [4.78, 5) is 40.9. The fourth-order valence-corrected chi connectivity index (χ4v) is 3.87. The first-order valence-electron chi connectivity index (χ1n) is 13.2. The van der Waals surface area contributed by atoms with Gasteiger partial charge in [-0.15, -0.1) is 0 Å². The second-order valence-electron chi connectivity index (χ2n) is 9.76. The SMILES string of the molecule is CCCCCCCOC(=O)C(Cc1c[nH]c2ccccc12)NC(=O)CCC(N)C(=O)OCCC(C)C. The molecule has 8 nitrogen and oxygen atoms in total. The van der Waals surface area contributed by atoms with Crippen LogP contribution in [-0.2, 0) is 30.3 Å². The molecular formula is C28H43N3O5. The molecule has 36 heavy (non-hydrogen) atoms. The number of nitrogens with two attached hydrogens (primary N) is 1. The van der Waals surface area contributed by atoms with Gasteiger partial charge in [0.1, 0.15) is 12.1 Å². The Kier molecular flexibility index (Phi) is 13.0. The summed E-state index contributed by atoms with van der Waals surface area (Å²) in [7, 11) is 0. The van der Waals surface area contributed by atoms with E-state index in [0.717, 1.165) is 48.6 Å². The molecule has 2 unspecified atom stereocenters. The van der Waals surface area contributed by atoms with Crippen LogP contribution in [0.3, 0.4) is 0 Å². The van der Waals surface area contributed by atoms with Crippen LogP contribution in [0.5, 0.6) is 0 Å². The summed E-state index contributed by atoms with van der Waals surface area (Å²) in [5.74, 6) is -0.905. The lowest BCUT2D eigenvalue weighted by Gasteiger charge is -2.18. The summed E-state index contributed by atoms with van der Waals surface area (Å²) in [6.45, 7) is 6.88. The first-order chi connectivity index (χ1) is 17.3. The zero-order chi connectivity index (χ0) is 26.3. The summed E-state index contributed by atoms with van der Waals surface area (Å²) >= 11 is 0. The Morgan fingerprint density at radius 3 is 2.44 bits per heavy atom. The fourth-order valence-electron chi connectivity index (χ4n) is 3.87. The smallest absolute Gasteiger partial charge is 0.328 e. The van der Waals surface area contributed by atoms with Crippen molar-refractivity contribution in [1.82, 2.24) is 10.3 Å². The van der Waals surface area contributed by atoms with E-state index in [4.69, 9.17) is 15.2 Å². The molecule has 0 aliphatic heterocycles. The average molecular weight is 502 g/mol. The molecule has 0 saturated carbocycles. The summed E-state index contributed by atoms with van der Waals surface area (Å²) in [6.07, 6.45) is 8.29. The highest BCUT2D eigenvalue weighted by molar-refractivity contribution is 5.87. The van der Waals surface area contributed by atoms with Crippen molar-refractivity contribution in [1.29, 1.82) is 0 Å². The van der Waals surface area contributed by atoms with Gasteiger partial charge < -0.3 is 25.5 Å². The number of fused-ring (bicyclic) bond motifs is 1. The van der Waals surface area contributed by atoms with Gasteiger partial charge in [-0.1, -0.05) is 64.7 Å². The lowest BCUT2D eigenvalue weighted by molar-refractivity contribution is -0.148. The third kappa shape index (κ3) is 10.4. The third-order valence-electron chi connectivity index (χ3n) is 6.14. The molecule has 0 spiro atoms. The van der Waals surface area contributed by atoms with Crippen molar-refractivity contribution < 1.29 is 23.9 Å². The van der Waals surface area contributed by atoms with Crippen molar-refractivity contribution in [2.24, 2.45) is 11.7 Å². The highest BCUT2D eigenvalue weighted by Crippen LogP contribution is 2.19. The van der Waals surface area contributed by atoms with Crippen LogP contribution in [0.1, 0.15) is 77.7 Å². The molecule has 2 atom stereocenters. The normalized spacial score (nSPS) is 12.9. The van der Waals surface area contributed by atoms with E-state index in [1.807, 2.05) is 44.3 Å². The molecule has 0 saturated heterocycles. The number of rotatable bonds is 17. The molecule has 0 aliphatic rings. The maximum Gasteiger partial charge on any atom is 0.328 e. The third-order valence-corrected chi connectivity index (χ3v) is 6.14. The van der Waals surface area contributed by atoms with E-state index in [1.165, 1.54) is 6.42 Å². The van der Waals surface area contributed by atoms with Crippen LogP contribution in [0.2, 0.25) is 0 Å². The van der Waals surface area contributed by atoms with E-state index in [2.05, 4.69) is 17.2 Å². The number of H-pyrrole nitrogens is 1. The van der Waals surface area contributed by atoms with E-state index >= 15 is 0 Å². The second kappa shape index (κ2) is 16.0. The first kappa shape index (κ1) is 29.4. The van der Waals surface area contributed by atoms with E-state index in [9.17, 15) is 14.4 Å². The standard InChI is InChI=1S/C28H43N3O5/c1-4-5-6-7-10-16-35-28(34)25(18-21-19-30-24-12-9-8-11-22(21)24)31-26(32)14-13-23(29)27(33)36-17-15-20(2)3/h8-9,11-12,19-20,23,25,30H,4-7,10,13-18,29H2,1-3H3,(H,31,32). The molecule has 0 radical (unpaired) electrons. The van der Waals surface area contributed by atoms with Gasteiger partial charge in [-0.25, -0.2) is 4.79 Å². The maximum absolute atomic E-state index is 12.9. The molecule has 8 heteroatoms. The molecule has 200 valence electrons. The topological polar surface area (TPSA) is 124 Å². The van der Waals surface area contributed by atoms with Gasteiger partial charge in [-0.05, 0) is 36.8 Å². The molecule has 1 aromatic carbocycles. The van der Waals surface area contributed by atoms with E-state index in [-0.39, 0.29) is 18.7 Å². The quantitative estimate of drug-likeness (QED) is 0.218. The average Bonchev–Trinajstić information content (AvgIpc) is 3.26. The summed E-state index contributed by atoms with van der Waals surface area (Å²) < 4.78 is 10.7. The van der Waals surface area contributed by atoms with Gasteiger partial charge in [0.05, 0.1) is 13.2 Å². The summed E-state index contributed by atoms with van der Waals surface area (Å²) in [6, 6.07) is 6.09. The van der Waals surface area contributed by atoms with Gasteiger partial charge in [-0.3, -0.25) is 9.59 Å². The fraction of sp³-hybridized carbons (Fsp3) is 0.607. The number of carbonyl (C=O) groups excluding carboxylic acids is 3. The highest BCUT2D eigenvalue weighted by atomic mass is 16.5. The van der Waals surface area contributed by atoms with Crippen molar-refractivity contribution in [3.8, 4) is 0 Å². The van der Waals surface area contributed by atoms with Gasteiger partial charge in [0, 0.05) is 29.9 Å². The molecule has 1 aromatic heterocycles. The molecule has 0 bridgehead atoms. The Morgan fingerprint density at radius 1 is 0.972 bits per heavy atom. The number of ether oxygens (including phenoxy) is 2. The molecule has 1 heterocycles. The monoisotopic (exact) mass is 501 g/mol. The van der Waals surface area contributed by atoms with E-state index in [1.54, 1.807) is 0 Å². The Balaban J connectivity index is 1.93. The predicted molar refractivity (Wildman–Crippen MR) is 141 cm³/mol. The van der Waals surface area contributed by atoms with Gasteiger partial charge in [0.25, 0.3) is 0 Å². The molecule has 4 N–H and O–H groups in total. The van der Waals surface area contributed by atoms with E-state index in [0.29, 0.717) is 25.6 Å². The van der Waals surface area contributed by atoms with Crippen LogP contribution in [-0.4, -0.2) is 48.1 Å². The number of hydrogen-bond donors (Lipinski definition) is 3. The molecule has 2 aromatic rings. The Labute approximate surface area is 214 Å². The number of nitrogens with one attached hydrogen (secondary N) is 2. The van der Waals surface area contributed by atoms with Crippen molar-refractivity contribution in [2.75, 3.05) is 13.2 Å². The minimum absolute atomic E-state index is 0.00906. The number of para-hydroxylation sites is 1. The molecule has 0 aliphatic carbocycles. The van der Waals surface area contributed by atoms with Crippen molar-refractivity contribution in [3.63, 3.8) is 0 Å². The van der Waals surface area contributed by atoms with Crippen LogP contribution >= 0.6 is 0 Å². The number of unbranched alkanes of at least 4 members (excludes halogenated alkanes) is 4. The Hall–Kier alpha value is -2.87. The Morgan fingerprint density at radius 2 is 1.69 bits per heavy atom. The summed E-state index contributed by atoms with van der Waals surface area (Å²) in [5, 5.41) is 3.79. The minimum atomic E-state index is -0.884. The zero-order valence-electron chi connectivity index (χ0n) is 22.0. The summed E-state index contributed by atoms with van der Waals surface area (Å²) in [5.41, 5.74) is 7.79. The van der Waals surface area contributed by atoms with Crippen LogP contribution in [0.4, 0.5) is 0 Å². The molecule has 2 rings (SSSR count). The lowest BCUT2D eigenvalue weighted by Crippen LogP contribution is -2.44. The number of hydrogen-bond acceptors (Lipinski definition) is 6. The number of aromatic amines is 1. The van der Waals surface area contributed by atoms with Gasteiger partial charge in [-0.2, -0.15) is 0 Å². The van der Waals surface area contributed by atoms with Crippen LogP contribution < -0.4 is 11.1 Å². The zero-order valence-corrected chi connectivity index (χ0v) is 22.0. The first-order valence-corrected chi connectivity index (χ1v) is 13.2. The number of amides is 1. The Bertz CT molecular complexity index is 956. The largest absolute Gasteiger partial charge is 0.465 e. The maximum atomic E-state index is 12.9. The second-order valence-corrected chi connectivity index (χ2v) is 9.76. The van der Waals surface area contributed by atoms with Crippen molar-refractivity contribution >= 4 is 28.7 Å². The van der Waals surface area contributed by atoms with Gasteiger partial charge in [0.15, 0.2) is 0 Å². The molecule has 1 amide bonds. The number of esters is 2.